The quantitative estimate of drug-likeness (QED) is 0.725. The van der Waals surface area contributed by atoms with Crippen molar-refractivity contribution in [3.8, 4) is 0 Å². The first-order valence-electron chi connectivity index (χ1n) is 4.57. The molecule has 2 rings (SSSR count). The van der Waals surface area contributed by atoms with Gasteiger partial charge < -0.3 is 11.1 Å². The topological polar surface area (TPSA) is 55.1 Å². The lowest BCUT2D eigenvalue weighted by molar-refractivity contribution is -0.119. The van der Waals surface area contributed by atoms with Crippen molar-refractivity contribution in [1.29, 1.82) is 0 Å². The highest BCUT2D eigenvalue weighted by molar-refractivity contribution is 5.80. The molecule has 3 N–H and O–H groups in total. The SMILES string of the molecule is N[C@H]1CC(=O)N[C@@H]1c1cc(F)cc(F)c1. The maximum absolute atomic E-state index is 12.9. The average molecular weight is 212 g/mol. The number of nitrogens with two attached hydrogens (primary N) is 1. The summed E-state index contributed by atoms with van der Waals surface area (Å²) in [4.78, 5) is 11.0. The molecule has 2 atom stereocenters. The number of nitrogens with one attached hydrogen (secondary N) is 1. The van der Waals surface area contributed by atoms with E-state index in [1.54, 1.807) is 0 Å². The van der Waals surface area contributed by atoms with Gasteiger partial charge in [-0.25, -0.2) is 8.78 Å². The smallest absolute Gasteiger partial charge is 0.222 e. The fraction of sp³-hybridized carbons (Fsp3) is 0.300. The van der Waals surface area contributed by atoms with E-state index < -0.39 is 23.7 Å². The highest BCUT2D eigenvalue weighted by atomic mass is 19.1. The van der Waals surface area contributed by atoms with Gasteiger partial charge >= 0.3 is 0 Å². The third-order valence-electron chi connectivity index (χ3n) is 2.41. The van der Waals surface area contributed by atoms with Crippen LogP contribution in [0.15, 0.2) is 18.2 Å². The number of halogens is 2. The molecular weight excluding hydrogens is 202 g/mol. The second kappa shape index (κ2) is 3.58. The molecule has 1 saturated heterocycles. The van der Waals surface area contributed by atoms with Crippen molar-refractivity contribution in [3.63, 3.8) is 0 Å². The van der Waals surface area contributed by atoms with Crippen molar-refractivity contribution in [2.75, 3.05) is 0 Å². The number of hydrogen-bond acceptors (Lipinski definition) is 2. The molecule has 1 heterocycles. The molecule has 0 saturated carbocycles. The van der Waals surface area contributed by atoms with E-state index >= 15 is 0 Å². The Labute approximate surface area is 85.3 Å². The Hall–Kier alpha value is -1.49. The zero-order valence-electron chi connectivity index (χ0n) is 7.84. The van der Waals surface area contributed by atoms with Gasteiger partial charge in [0.1, 0.15) is 11.6 Å². The molecule has 1 fully saturated rings. The molecule has 5 heteroatoms. The van der Waals surface area contributed by atoms with Gasteiger partial charge in [0.05, 0.1) is 6.04 Å². The van der Waals surface area contributed by atoms with Gasteiger partial charge in [-0.1, -0.05) is 0 Å². The summed E-state index contributed by atoms with van der Waals surface area (Å²) >= 11 is 0. The summed E-state index contributed by atoms with van der Waals surface area (Å²) in [5, 5.41) is 2.58. The van der Waals surface area contributed by atoms with Gasteiger partial charge in [-0.15, -0.1) is 0 Å². The average Bonchev–Trinajstić information content (AvgIpc) is 2.43. The first kappa shape index (κ1) is 10.0. The van der Waals surface area contributed by atoms with Gasteiger partial charge in [0.2, 0.25) is 5.91 Å². The van der Waals surface area contributed by atoms with Gasteiger partial charge in [0.15, 0.2) is 0 Å². The molecule has 0 aliphatic carbocycles. The second-order valence-electron chi connectivity index (χ2n) is 3.62. The van der Waals surface area contributed by atoms with E-state index in [0.717, 1.165) is 6.07 Å². The zero-order valence-corrected chi connectivity index (χ0v) is 7.84. The zero-order chi connectivity index (χ0) is 11.0. The largest absolute Gasteiger partial charge is 0.348 e. The molecule has 3 nitrogen and oxygen atoms in total. The number of benzene rings is 1. The predicted octanol–water partition coefficient (Wildman–Crippen LogP) is 0.853. The van der Waals surface area contributed by atoms with Crippen LogP contribution in [0.25, 0.3) is 0 Å². The van der Waals surface area contributed by atoms with Crippen LogP contribution >= 0.6 is 0 Å². The van der Waals surface area contributed by atoms with Crippen LogP contribution in [0.1, 0.15) is 18.0 Å². The van der Waals surface area contributed by atoms with Gasteiger partial charge in [-0.2, -0.15) is 0 Å². The minimum absolute atomic E-state index is 0.183. The summed E-state index contributed by atoms with van der Waals surface area (Å²) in [5.41, 5.74) is 6.04. The standard InChI is InChI=1S/C10H10F2N2O/c11-6-1-5(2-7(12)3-6)10-8(13)4-9(15)14-10/h1-3,8,10H,4,13H2,(H,14,15)/t8-,10+/m0/s1. The number of carbonyl (C=O) groups excluding carboxylic acids is 1. The normalized spacial score (nSPS) is 25.4. The highest BCUT2D eigenvalue weighted by Crippen LogP contribution is 2.24. The third-order valence-corrected chi connectivity index (χ3v) is 2.41. The lowest BCUT2D eigenvalue weighted by Crippen LogP contribution is -2.28. The predicted molar refractivity (Wildman–Crippen MR) is 49.8 cm³/mol. The van der Waals surface area contributed by atoms with Crippen LogP contribution in [0.4, 0.5) is 8.78 Å². The van der Waals surface area contributed by atoms with Crippen molar-refractivity contribution < 1.29 is 13.6 Å². The first-order valence-corrected chi connectivity index (χ1v) is 4.57. The molecule has 1 aromatic carbocycles. The molecule has 80 valence electrons. The maximum Gasteiger partial charge on any atom is 0.222 e. The molecule has 0 radical (unpaired) electrons. The minimum atomic E-state index is -0.668. The van der Waals surface area contributed by atoms with Crippen molar-refractivity contribution in [2.45, 2.75) is 18.5 Å². The lowest BCUT2D eigenvalue weighted by atomic mass is 10.0. The van der Waals surface area contributed by atoms with Crippen LogP contribution in [0.5, 0.6) is 0 Å². The minimum Gasteiger partial charge on any atom is -0.348 e. The molecule has 1 aliphatic heterocycles. The molecular formula is C10H10F2N2O. The summed E-state index contributed by atoms with van der Waals surface area (Å²) in [6.07, 6.45) is 0.183. The van der Waals surface area contributed by atoms with Crippen LogP contribution in [0.2, 0.25) is 0 Å². The first-order chi connectivity index (χ1) is 7.06. The third kappa shape index (κ3) is 1.97. The second-order valence-corrected chi connectivity index (χ2v) is 3.62. The summed E-state index contributed by atoms with van der Waals surface area (Å²) in [5.74, 6) is -1.53. The van der Waals surface area contributed by atoms with Gasteiger partial charge in [-0.3, -0.25) is 4.79 Å². The van der Waals surface area contributed by atoms with Crippen LogP contribution in [-0.4, -0.2) is 11.9 Å². The van der Waals surface area contributed by atoms with Gasteiger partial charge in [-0.05, 0) is 17.7 Å². The Bertz CT molecular complexity index is 388. The highest BCUT2D eigenvalue weighted by Gasteiger charge is 2.30. The summed E-state index contributed by atoms with van der Waals surface area (Å²) < 4.78 is 25.8. The van der Waals surface area contributed by atoms with E-state index in [0.29, 0.717) is 5.56 Å². The Morgan fingerprint density at radius 2 is 1.87 bits per heavy atom. The summed E-state index contributed by atoms with van der Waals surface area (Å²) in [6, 6.07) is 2.21. The fourth-order valence-electron chi connectivity index (χ4n) is 1.76. The van der Waals surface area contributed by atoms with E-state index in [1.165, 1.54) is 12.1 Å². The Morgan fingerprint density at radius 1 is 1.27 bits per heavy atom. The fourth-order valence-corrected chi connectivity index (χ4v) is 1.76. The van der Waals surface area contributed by atoms with Crippen LogP contribution in [-0.2, 0) is 4.79 Å². The number of carbonyl (C=O) groups is 1. The number of hydrogen-bond donors (Lipinski definition) is 2. The summed E-state index contributed by atoms with van der Waals surface area (Å²) in [7, 11) is 0. The molecule has 15 heavy (non-hydrogen) atoms. The van der Waals surface area contributed by atoms with E-state index in [2.05, 4.69) is 5.32 Å². The van der Waals surface area contributed by atoms with Crippen molar-refractivity contribution in [3.05, 3.63) is 35.4 Å². The van der Waals surface area contributed by atoms with Crippen molar-refractivity contribution >= 4 is 5.91 Å². The Kier molecular flexibility index (Phi) is 2.40. The molecule has 0 aromatic heterocycles. The van der Waals surface area contributed by atoms with E-state index in [4.69, 9.17) is 5.73 Å². The van der Waals surface area contributed by atoms with Crippen molar-refractivity contribution in [2.24, 2.45) is 5.73 Å². The molecule has 0 bridgehead atoms. The molecule has 1 aromatic rings. The number of rotatable bonds is 1. The Balaban J connectivity index is 2.33. The van der Waals surface area contributed by atoms with Crippen LogP contribution in [0.3, 0.4) is 0 Å². The van der Waals surface area contributed by atoms with E-state index in [-0.39, 0.29) is 12.3 Å². The van der Waals surface area contributed by atoms with Crippen LogP contribution in [0, 0.1) is 11.6 Å². The molecule has 0 spiro atoms. The van der Waals surface area contributed by atoms with Crippen LogP contribution < -0.4 is 11.1 Å². The van der Waals surface area contributed by atoms with Gasteiger partial charge in [0.25, 0.3) is 0 Å². The summed E-state index contributed by atoms with van der Waals surface area (Å²) in [6.45, 7) is 0. The van der Waals surface area contributed by atoms with E-state index in [1.807, 2.05) is 0 Å². The monoisotopic (exact) mass is 212 g/mol. The number of amides is 1. The molecule has 1 aliphatic rings. The van der Waals surface area contributed by atoms with E-state index in [9.17, 15) is 13.6 Å². The lowest BCUT2D eigenvalue weighted by Gasteiger charge is -2.15. The van der Waals surface area contributed by atoms with Crippen molar-refractivity contribution in [1.82, 2.24) is 5.32 Å². The Morgan fingerprint density at radius 3 is 2.33 bits per heavy atom. The molecule has 0 unspecified atom stereocenters. The maximum atomic E-state index is 12.9. The molecule has 1 amide bonds. The van der Waals surface area contributed by atoms with Gasteiger partial charge in [0, 0.05) is 18.5 Å².